The molecular formula is C18H24F3NO4. The third-order valence-corrected chi connectivity index (χ3v) is 4.64. The number of hydrogen-bond acceptors (Lipinski definition) is 4. The minimum atomic E-state index is -4.21. The molecule has 1 aliphatic carbocycles. The van der Waals surface area contributed by atoms with Crippen LogP contribution in [-0.4, -0.2) is 39.5 Å². The number of ether oxygens (including phenoxy) is 3. The van der Waals surface area contributed by atoms with Gasteiger partial charge in [0.25, 0.3) is 0 Å². The number of benzene rings is 1. The zero-order valence-electron chi connectivity index (χ0n) is 15.1. The summed E-state index contributed by atoms with van der Waals surface area (Å²) in [5.74, 6) is -0.483. The molecular weight excluding hydrogens is 351 g/mol. The summed E-state index contributed by atoms with van der Waals surface area (Å²) in [7, 11) is 4.40. The van der Waals surface area contributed by atoms with Crippen LogP contribution in [0.15, 0.2) is 12.1 Å². The number of carbonyl (C=O) groups excluding carboxylic acids is 1. The molecule has 0 spiro atoms. The van der Waals surface area contributed by atoms with E-state index >= 15 is 0 Å². The molecule has 1 saturated carbocycles. The molecule has 0 bridgehead atoms. The largest absolute Gasteiger partial charge is 0.493 e. The Morgan fingerprint density at radius 3 is 2.38 bits per heavy atom. The third-order valence-electron chi connectivity index (χ3n) is 4.64. The van der Waals surface area contributed by atoms with Gasteiger partial charge >= 0.3 is 6.18 Å². The van der Waals surface area contributed by atoms with Crippen LogP contribution in [-0.2, 0) is 11.2 Å². The lowest BCUT2D eigenvalue weighted by atomic mass is 9.85. The van der Waals surface area contributed by atoms with Crippen molar-refractivity contribution in [3.8, 4) is 17.2 Å². The Labute approximate surface area is 150 Å². The second-order valence-corrected chi connectivity index (χ2v) is 6.34. The van der Waals surface area contributed by atoms with Crippen molar-refractivity contribution >= 4 is 5.91 Å². The van der Waals surface area contributed by atoms with E-state index in [1.54, 1.807) is 12.1 Å². The predicted octanol–water partition coefficient (Wildman–Crippen LogP) is 3.49. The van der Waals surface area contributed by atoms with Crippen LogP contribution < -0.4 is 19.5 Å². The van der Waals surface area contributed by atoms with Gasteiger partial charge < -0.3 is 19.5 Å². The SMILES string of the molecule is COc1ccc(CC(=O)NC2CCCC(C(F)(F)F)C2)c(OC)c1OC. The molecule has 0 aliphatic heterocycles. The monoisotopic (exact) mass is 375 g/mol. The fourth-order valence-electron chi connectivity index (χ4n) is 3.37. The van der Waals surface area contributed by atoms with Crippen molar-refractivity contribution < 1.29 is 32.2 Å². The van der Waals surface area contributed by atoms with Gasteiger partial charge in [0.05, 0.1) is 33.7 Å². The molecule has 5 nitrogen and oxygen atoms in total. The summed E-state index contributed by atoms with van der Waals surface area (Å²) < 4.78 is 54.5. The molecule has 1 N–H and O–H groups in total. The maximum atomic E-state index is 12.9. The van der Waals surface area contributed by atoms with E-state index in [4.69, 9.17) is 14.2 Å². The van der Waals surface area contributed by atoms with Gasteiger partial charge in [0.15, 0.2) is 11.5 Å². The van der Waals surface area contributed by atoms with Crippen LogP contribution in [0.2, 0.25) is 0 Å². The highest BCUT2D eigenvalue weighted by atomic mass is 19.4. The second kappa shape index (κ2) is 8.51. The number of methoxy groups -OCH3 is 3. The van der Waals surface area contributed by atoms with Crippen molar-refractivity contribution in [2.75, 3.05) is 21.3 Å². The molecule has 0 saturated heterocycles. The molecule has 8 heteroatoms. The molecule has 1 aromatic carbocycles. The van der Waals surface area contributed by atoms with Gasteiger partial charge in [0.1, 0.15) is 0 Å². The van der Waals surface area contributed by atoms with Crippen molar-refractivity contribution in [2.24, 2.45) is 5.92 Å². The average molecular weight is 375 g/mol. The van der Waals surface area contributed by atoms with E-state index in [-0.39, 0.29) is 25.2 Å². The van der Waals surface area contributed by atoms with Crippen LogP contribution in [0, 0.1) is 5.92 Å². The van der Waals surface area contributed by atoms with E-state index in [1.807, 2.05) is 0 Å². The van der Waals surface area contributed by atoms with Gasteiger partial charge in [-0.1, -0.05) is 12.5 Å². The quantitative estimate of drug-likeness (QED) is 0.827. The van der Waals surface area contributed by atoms with E-state index < -0.39 is 18.1 Å². The molecule has 0 heterocycles. The van der Waals surface area contributed by atoms with E-state index in [0.717, 1.165) is 0 Å². The van der Waals surface area contributed by atoms with Gasteiger partial charge in [0.2, 0.25) is 11.7 Å². The van der Waals surface area contributed by atoms with Crippen molar-refractivity contribution in [3.63, 3.8) is 0 Å². The first kappa shape index (κ1) is 20.2. The maximum Gasteiger partial charge on any atom is 0.391 e. The lowest BCUT2D eigenvalue weighted by Gasteiger charge is -2.31. The summed E-state index contributed by atoms with van der Waals surface area (Å²) in [6.45, 7) is 0. The molecule has 2 unspecified atom stereocenters. The second-order valence-electron chi connectivity index (χ2n) is 6.34. The topological polar surface area (TPSA) is 56.8 Å². The van der Waals surface area contributed by atoms with E-state index in [1.165, 1.54) is 21.3 Å². The minimum Gasteiger partial charge on any atom is -0.493 e. The molecule has 1 aromatic rings. The van der Waals surface area contributed by atoms with Crippen LogP contribution in [0.25, 0.3) is 0 Å². The van der Waals surface area contributed by atoms with Crippen LogP contribution in [0.1, 0.15) is 31.2 Å². The smallest absolute Gasteiger partial charge is 0.391 e. The molecule has 0 radical (unpaired) electrons. The van der Waals surface area contributed by atoms with Gasteiger partial charge in [0, 0.05) is 11.6 Å². The molecule has 26 heavy (non-hydrogen) atoms. The van der Waals surface area contributed by atoms with Crippen LogP contribution >= 0.6 is 0 Å². The average Bonchev–Trinajstić information content (AvgIpc) is 2.60. The van der Waals surface area contributed by atoms with Crippen LogP contribution in [0.5, 0.6) is 17.2 Å². The lowest BCUT2D eigenvalue weighted by Crippen LogP contribution is -2.42. The van der Waals surface area contributed by atoms with Crippen molar-refractivity contribution in [3.05, 3.63) is 17.7 Å². The Kier molecular flexibility index (Phi) is 6.61. The van der Waals surface area contributed by atoms with Gasteiger partial charge in [-0.3, -0.25) is 4.79 Å². The summed E-state index contributed by atoms with van der Waals surface area (Å²) in [6.07, 6.45) is -3.17. The zero-order chi connectivity index (χ0) is 19.3. The summed E-state index contributed by atoms with van der Waals surface area (Å²) in [5.41, 5.74) is 0.575. The first-order chi connectivity index (χ1) is 12.3. The summed E-state index contributed by atoms with van der Waals surface area (Å²) in [6, 6.07) is 2.87. The van der Waals surface area contributed by atoms with Crippen LogP contribution in [0.3, 0.4) is 0 Å². The van der Waals surface area contributed by atoms with Crippen molar-refractivity contribution in [2.45, 2.75) is 44.3 Å². The van der Waals surface area contributed by atoms with Gasteiger partial charge in [-0.15, -0.1) is 0 Å². The molecule has 1 amide bonds. The molecule has 2 atom stereocenters. The Bertz CT molecular complexity index is 634. The summed E-state index contributed by atoms with van der Waals surface area (Å²) in [5, 5.41) is 2.72. The zero-order valence-corrected chi connectivity index (χ0v) is 15.1. The highest BCUT2D eigenvalue weighted by Gasteiger charge is 2.42. The predicted molar refractivity (Wildman–Crippen MR) is 89.7 cm³/mol. The number of nitrogens with one attached hydrogen (secondary N) is 1. The van der Waals surface area contributed by atoms with Gasteiger partial charge in [-0.05, 0) is 25.3 Å². The van der Waals surface area contributed by atoms with Gasteiger partial charge in [-0.2, -0.15) is 13.2 Å². The first-order valence-electron chi connectivity index (χ1n) is 8.44. The normalized spacial score (nSPS) is 20.4. The van der Waals surface area contributed by atoms with Crippen LogP contribution in [0.4, 0.5) is 13.2 Å². The van der Waals surface area contributed by atoms with E-state index in [0.29, 0.717) is 35.7 Å². The number of carbonyl (C=O) groups is 1. The Morgan fingerprint density at radius 1 is 1.12 bits per heavy atom. The number of hydrogen-bond donors (Lipinski definition) is 1. The number of amides is 1. The van der Waals surface area contributed by atoms with Crippen molar-refractivity contribution in [1.29, 1.82) is 0 Å². The van der Waals surface area contributed by atoms with Crippen molar-refractivity contribution in [1.82, 2.24) is 5.32 Å². The molecule has 2 rings (SSSR count). The Morgan fingerprint density at radius 2 is 1.81 bits per heavy atom. The highest BCUT2D eigenvalue weighted by Crippen LogP contribution is 2.40. The molecule has 1 aliphatic rings. The standard InChI is InChI=1S/C18H24F3NO4/c1-24-14-8-7-11(16(25-2)17(14)26-3)9-15(23)22-13-6-4-5-12(10-13)18(19,20)21/h7-8,12-13H,4-6,9-10H2,1-3H3,(H,22,23). The molecule has 146 valence electrons. The minimum absolute atomic E-state index is 0.0172. The fourth-order valence-corrected chi connectivity index (χ4v) is 3.37. The first-order valence-corrected chi connectivity index (χ1v) is 8.44. The third kappa shape index (κ3) is 4.74. The fraction of sp³-hybridized carbons (Fsp3) is 0.611. The van der Waals surface area contributed by atoms with E-state index in [9.17, 15) is 18.0 Å². The van der Waals surface area contributed by atoms with Gasteiger partial charge in [-0.25, -0.2) is 0 Å². The summed E-state index contributed by atoms with van der Waals surface area (Å²) >= 11 is 0. The number of rotatable bonds is 6. The summed E-state index contributed by atoms with van der Waals surface area (Å²) in [4.78, 5) is 12.3. The van der Waals surface area contributed by atoms with E-state index in [2.05, 4.69) is 5.32 Å². The molecule has 1 fully saturated rings. The Balaban J connectivity index is 2.06. The number of halogens is 3. The lowest BCUT2D eigenvalue weighted by molar-refractivity contribution is -0.184. The maximum absolute atomic E-state index is 12.9. The highest BCUT2D eigenvalue weighted by molar-refractivity contribution is 5.80. The Hall–Kier alpha value is -2.12. The number of alkyl halides is 3. The molecule has 0 aromatic heterocycles.